The summed E-state index contributed by atoms with van der Waals surface area (Å²) < 4.78 is 7.98. The van der Waals surface area contributed by atoms with Gasteiger partial charge in [-0.3, -0.25) is 4.79 Å². The number of carbonyl (C=O) groups excluding carboxylic acids is 1. The summed E-state index contributed by atoms with van der Waals surface area (Å²) in [4.78, 5) is 11.9. The van der Waals surface area contributed by atoms with Crippen LogP contribution in [0.1, 0.15) is 34.6 Å². The van der Waals surface area contributed by atoms with Gasteiger partial charge in [0.2, 0.25) is 0 Å². The highest BCUT2D eigenvalue weighted by atomic mass is 16.5. The van der Waals surface area contributed by atoms with Crippen molar-refractivity contribution in [1.82, 2.24) is 4.57 Å². The van der Waals surface area contributed by atoms with Crippen LogP contribution < -0.4 is 4.74 Å². The van der Waals surface area contributed by atoms with Crippen LogP contribution in [0.3, 0.4) is 0 Å². The summed E-state index contributed by atoms with van der Waals surface area (Å²) in [5, 5.41) is 0. The van der Waals surface area contributed by atoms with Crippen LogP contribution in [0.25, 0.3) is 0 Å². The minimum Gasteiger partial charge on any atom is -0.492 e. The van der Waals surface area contributed by atoms with Gasteiger partial charge in [-0.05, 0) is 38.0 Å². The topological polar surface area (TPSA) is 31.2 Å². The SMILES string of the molecule is Cc1cc2c(n1CCOc1ccccc1)CCCC2=O. The normalized spacial score (nSPS) is 14.2. The van der Waals surface area contributed by atoms with Crippen molar-refractivity contribution in [2.45, 2.75) is 32.7 Å². The van der Waals surface area contributed by atoms with Crippen LogP contribution in [0.2, 0.25) is 0 Å². The van der Waals surface area contributed by atoms with Crippen molar-refractivity contribution in [2.75, 3.05) is 6.61 Å². The number of ketones is 1. The van der Waals surface area contributed by atoms with Gasteiger partial charge >= 0.3 is 0 Å². The van der Waals surface area contributed by atoms with E-state index in [0.717, 1.165) is 36.4 Å². The number of benzene rings is 1. The van der Waals surface area contributed by atoms with Crippen molar-refractivity contribution in [2.24, 2.45) is 0 Å². The number of aromatic nitrogens is 1. The number of carbonyl (C=O) groups is 1. The van der Waals surface area contributed by atoms with E-state index in [-0.39, 0.29) is 5.78 Å². The molecule has 3 rings (SSSR count). The molecule has 0 unspecified atom stereocenters. The minimum atomic E-state index is 0.289. The lowest BCUT2D eigenvalue weighted by molar-refractivity contribution is 0.0971. The molecule has 0 fully saturated rings. The molecular formula is C17H19NO2. The summed E-state index contributed by atoms with van der Waals surface area (Å²) in [5.41, 5.74) is 3.27. The molecule has 20 heavy (non-hydrogen) atoms. The Hall–Kier alpha value is -2.03. The van der Waals surface area contributed by atoms with Crippen molar-refractivity contribution in [3.05, 3.63) is 53.3 Å². The number of para-hydroxylation sites is 1. The predicted octanol–water partition coefficient (Wildman–Crippen LogP) is 3.39. The number of aryl methyl sites for hydroxylation is 1. The van der Waals surface area contributed by atoms with Crippen LogP contribution in [0.4, 0.5) is 0 Å². The Morgan fingerprint density at radius 1 is 1.20 bits per heavy atom. The second kappa shape index (κ2) is 5.53. The smallest absolute Gasteiger partial charge is 0.164 e. The van der Waals surface area contributed by atoms with Gasteiger partial charge < -0.3 is 9.30 Å². The highest BCUT2D eigenvalue weighted by molar-refractivity contribution is 5.98. The highest BCUT2D eigenvalue weighted by Crippen LogP contribution is 2.25. The Morgan fingerprint density at radius 3 is 2.80 bits per heavy atom. The van der Waals surface area contributed by atoms with Crippen LogP contribution in [-0.2, 0) is 13.0 Å². The second-order valence-corrected chi connectivity index (χ2v) is 5.24. The molecular weight excluding hydrogens is 250 g/mol. The van der Waals surface area contributed by atoms with Crippen LogP contribution in [0.15, 0.2) is 36.4 Å². The third kappa shape index (κ3) is 2.48. The highest BCUT2D eigenvalue weighted by Gasteiger charge is 2.22. The molecule has 0 spiro atoms. The van der Waals surface area contributed by atoms with Gasteiger partial charge in [0.1, 0.15) is 12.4 Å². The average molecular weight is 269 g/mol. The molecule has 1 aromatic carbocycles. The van der Waals surface area contributed by atoms with Gasteiger partial charge in [-0.25, -0.2) is 0 Å². The number of fused-ring (bicyclic) bond motifs is 1. The van der Waals surface area contributed by atoms with Gasteiger partial charge in [0.15, 0.2) is 5.78 Å². The standard InChI is InChI=1S/C17H19NO2/c1-13-12-15-16(8-5-9-17(15)19)18(13)10-11-20-14-6-3-2-4-7-14/h2-4,6-7,12H,5,8-11H2,1H3. The maximum atomic E-state index is 11.9. The van der Waals surface area contributed by atoms with E-state index >= 15 is 0 Å². The Morgan fingerprint density at radius 2 is 2.00 bits per heavy atom. The number of ether oxygens (including phenoxy) is 1. The fraction of sp³-hybridized carbons (Fsp3) is 0.353. The van der Waals surface area contributed by atoms with E-state index in [2.05, 4.69) is 11.5 Å². The molecule has 1 heterocycles. The van der Waals surface area contributed by atoms with E-state index in [0.29, 0.717) is 13.0 Å². The van der Waals surface area contributed by atoms with E-state index < -0.39 is 0 Å². The summed E-state index contributed by atoms with van der Waals surface area (Å²) in [6.07, 6.45) is 2.66. The van der Waals surface area contributed by atoms with Crippen molar-refractivity contribution in [1.29, 1.82) is 0 Å². The maximum absolute atomic E-state index is 11.9. The average Bonchev–Trinajstić information content (AvgIpc) is 2.78. The largest absolute Gasteiger partial charge is 0.492 e. The fourth-order valence-corrected chi connectivity index (χ4v) is 2.87. The summed E-state index contributed by atoms with van der Waals surface area (Å²) in [7, 11) is 0. The van der Waals surface area contributed by atoms with Crippen molar-refractivity contribution in [3.63, 3.8) is 0 Å². The zero-order valence-electron chi connectivity index (χ0n) is 11.8. The van der Waals surface area contributed by atoms with Gasteiger partial charge in [-0.1, -0.05) is 18.2 Å². The van der Waals surface area contributed by atoms with Crippen LogP contribution in [0, 0.1) is 6.92 Å². The third-order valence-corrected chi connectivity index (χ3v) is 3.86. The molecule has 1 aromatic heterocycles. The summed E-state index contributed by atoms with van der Waals surface area (Å²) in [6, 6.07) is 11.9. The molecule has 0 saturated heterocycles. The predicted molar refractivity (Wildman–Crippen MR) is 78.4 cm³/mol. The van der Waals surface area contributed by atoms with E-state index in [1.165, 1.54) is 5.69 Å². The van der Waals surface area contributed by atoms with Gasteiger partial charge in [-0.2, -0.15) is 0 Å². The molecule has 0 aliphatic heterocycles. The fourth-order valence-electron chi connectivity index (χ4n) is 2.87. The zero-order valence-corrected chi connectivity index (χ0v) is 11.8. The van der Waals surface area contributed by atoms with Crippen molar-refractivity contribution < 1.29 is 9.53 Å². The van der Waals surface area contributed by atoms with Gasteiger partial charge in [0, 0.05) is 23.4 Å². The quantitative estimate of drug-likeness (QED) is 0.852. The number of rotatable bonds is 4. The molecule has 3 nitrogen and oxygen atoms in total. The van der Waals surface area contributed by atoms with E-state index in [4.69, 9.17) is 4.74 Å². The Kier molecular flexibility index (Phi) is 3.59. The number of hydrogen-bond acceptors (Lipinski definition) is 2. The lowest BCUT2D eigenvalue weighted by atomic mass is 9.97. The van der Waals surface area contributed by atoms with Crippen molar-refractivity contribution >= 4 is 5.78 Å². The van der Waals surface area contributed by atoms with E-state index in [9.17, 15) is 4.79 Å². The molecule has 3 heteroatoms. The second-order valence-electron chi connectivity index (χ2n) is 5.24. The summed E-state index contributed by atoms with van der Waals surface area (Å²) >= 11 is 0. The number of nitrogens with zero attached hydrogens (tertiary/aromatic N) is 1. The van der Waals surface area contributed by atoms with Crippen molar-refractivity contribution in [3.8, 4) is 5.75 Å². The first-order valence-electron chi connectivity index (χ1n) is 7.16. The van der Waals surface area contributed by atoms with E-state index in [1.54, 1.807) is 0 Å². The Labute approximate surface area is 119 Å². The molecule has 0 N–H and O–H groups in total. The maximum Gasteiger partial charge on any atom is 0.164 e. The van der Waals surface area contributed by atoms with Crippen LogP contribution in [0.5, 0.6) is 5.75 Å². The lowest BCUT2D eigenvalue weighted by Gasteiger charge is -2.16. The Bertz CT molecular complexity index is 613. The minimum absolute atomic E-state index is 0.289. The van der Waals surface area contributed by atoms with Gasteiger partial charge in [0.25, 0.3) is 0 Å². The molecule has 0 radical (unpaired) electrons. The molecule has 0 saturated carbocycles. The molecule has 1 aliphatic carbocycles. The molecule has 0 atom stereocenters. The van der Waals surface area contributed by atoms with Crippen LogP contribution in [-0.4, -0.2) is 17.0 Å². The monoisotopic (exact) mass is 269 g/mol. The zero-order chi connectivity index (χ0) is 13.9. The first kappa shape index (κ1) is 13.0. The molecule has 2 aromatic rings. The van der Waals surface area contributed by atoms with Gasteiger partial charge in [0.05, 0.1) is 6.54 Å². The lowest BCUT2D eigenvalue weighted by Crippen LogP contribution is -2.16. The number of Topliss-reactive ketones (excluding diaryl/α,β-unsaturated/α-hetero) is 1. The molecule has 0 bridgehead atoms. The molecule has 104 valence electrons. The third-order valence-electron chi connectivity index (χ3n) is 3.86. The Balaban J connectivity index is 1.70. The number of hydrogen-bond donors (Lipinski definition) is 0. The van der Waals surface area contributed by atoms with Crippen LogP contribution >= 0.6 is 0 Å². The molecule has 0 amide bonds. The first-order valence-corrected chi connectivity index (χ1v) is 7.16. The van der Waals surface area contributed by atoms with Gasteiger partial charge in [-0.15, -0.1) is 0 Å². The summed E-state index contributed by atoms with van der Waals surface area (Å²) in [6.45, 7) is 3.48. The molecule has 1 aliphatic rings. The summed E-state index contributed by atoms with van der Waals surface area (Å²) in [5.74, 6) is 1.18. The first-order chi connectivity index (χ1) is 9.75. The van der Waals surface area contributed by atoms with E-state index in [1.807, 2.05) is 36.4 Å².